The molecule has 0 saturated carbocycles. The fourth-order valence-electron chi connectivity index (χ4n) is 1.37. The van der Waals surface area contributed by atoms with E-state index in [4.69, 9.17) is 11.6 Å². The third-order valence-corrected chi connectivity index (χ3v) is 4.41. The van der Waals surface area contributed by atoms with Gasteiger partial charge in [0.25, 0.3) is 0 Å². The van der Waals surface area contributed by atoms with Crippen LogP contribution in [0.25, 0.3) is 0 Å². The molecule has 0 aromatic carbocycles. The van der Waals surface area contributed by atoms with Crippen LogP contribution in [0.4, 0.5) is 0 Å². The first-order chi connectivity index (χ1) is 8.78. The molecule has 1 aromatic rings. The van der Waals surface area contributed by atoms with Gasteiger partial charge in [-0.1, -0.05) is 6.92 Å². The quantitative estimate of drug-likeness (QED) is 0.583. The molecule has 0 aliphatic carbocycles. The van der Waals surface area contributed by atoms with Gasteiger partial charge in [-0.25, -0.2) is 18.4 Å². The molecule has 0 spiro atoms. The van der Waals surface area contributed by atoms with Crippen molar-refractivity contribution in [3.8, 4) is 0 Å². The maximum absolute atomic E-state index is 12.1. The number of ether oxygens (including phenoxy) is 1. The highest BCUT2D eigenvalue weighted by Gasteiger charge is 2.25. The van der Waals surface area contributed by atoms with E-state index < -0.39 is 21.9 Å². The second-order valence-corrected chi connectivity index (χ2v) is 6.28. The Labute approximate surface area is 116 Å². The molecule has 106 valence electrons. The van der Waals surface area contributed by atoms with Gasteiger partial charge in [-0.15, -0.1) is 0 Å². The third kappa shape index (κ3) is 3.85. The maximum Gasteiger partial charge on any atom is 0.309 e. The summed E-state index contributed by atoms with van der Waals surface area (Å²) < 4.78 is 29.9. The Morgan fingerprint density at radius 2 is 2.00 bits per heavy atom. The summed E-state index contributed by atoms with van der Waals surface area (Å²) in [6.07, 6.45) is 2.23. The molecule has 0 N–H and O–H groups in total. The summed E-state index contributed by atoms with van der Waals surface area (Å²) in [4.78, 5) is 18.4. The van der Waals surface area contributed by atoms with Gasteiger partial charge in [0.15, 0.2) is 0 Å². The van der Waals surface area contributed by atoms with Crippen molar-refractivity contribution in [1.82, 2.24) is 14.3 Å². The van der Waals surface area contributed by atoms with E-state index in [1.54, 1.807) is 6.92 Å². The van der Waals surface area contributed by atoms with Crippen LogP contribution in [0.3, 0.4) is 0 Å². The fourth-order valence-corrected chi connectivity index (χ4v) is 2.62. The van der Waals surface area contributed by atoms with E-state index in [9.17, 15) is 13.2 Å². The lowest BCUT2D eigenvalue weighted by Gasteiger charge is -2.19. The van der Waals surface area contributed by atoms with E-state index in [0.717, 1.165) is 16.7 Å². The Balaban J connectivity index is 2.88. The third-order valence-electron chi connectivity index (χ3n) is 2.44. The van der Waals surface area contributed by atoms with Gasteiger partial charge in [0.2, 0.25) is 15.3 Å². The Morgan fingerprint density at radius 1 is 1.47 bits per heavy atom. The lowest BCUT2D eigenvalue weighted by Crippen LogP contribution is -2.34. The average molecular weight is 308 g/mol. The number of esters is 1. The van der Waals surface area contributed by atoms with E-state index in [2.05, 4.69) is 14.7 Å². The number of carbonyl (C=O) groups is 1. The van der Waals surface area contributed by atoms with Crippen molar-refractivity contribution in [3.05, 3.63) is 17.7 Å². The van der Waals surface area contributed by atoms with Gasteiger partial charge in [-0.3, -0.25) is 4.79 Å². The van der Waals surface area contributed by atoms with Crippen molar-refractivity contribution >= 4 is 27.6 Å². The highest BCUT2D eigenvalue weighted by molar-refractivity contribution is 7.89. The lowest BCUT2D eigenvalue weighted by molar-refractivity contribution is -0.144. The van der Waals surface area contributed by atoms with Gasteiger partial charge in [-0.05, 0) is 11.6 Å². The Morgan fingerprint density at radius 3 is 2.47 bits per heavy atom. The summed E-state index contributed by atoms with van der Waals surface area (Å²) in [5.74, 6) is -1.05. The van der Waals surface area contributed by atoms with Crippen molar-refractivity contribution in [2.24, 2.45) is 5.92 Å². The van der Waals surface area contributed by atoms with Gasteiger partial charge in [-0.2, -0.15) is 4.31 Å². The Kier molecular flexibility index (Phi) is 5.21. The van der Waals surface area contributed by atoms with Crippen LogP contribution >= 0.6 is 11.6 Å². The highest BCUT2D eigenvalue weighted by atomic mass is 35.5. The Bertz CT molecular complexity index is 546. The molecule has 0 bridgehead atoms. The van der Waals surface area contributed by atoms with E-state index in [-0.39, 0.29) is 16.7 Å². The average Bonchev–Trinajstić information content (AvgIpc) is 2.38. The molecular weight excluding hydrogens is 294 g/mol. The van der Waals surface area contributed by atoms with Crippen molar-refractivity contribution in [1.29, 1.82) is 0 Å². The fraction of sp³-hybridized carbons (Fsp3) is 0.500. The van der Waals surface area contributed by atoms with E-state index in [0.29, 0.717) is 0 Å². The molecule has 0 aliphatic rings. The first-order valence-corrected chi connectivity index (χ1v) is 7.12. The van der Waals surface area contributed by atoms with Gasteiger partial charge in [0.1, 0.15) is 4.90 Å². The predicted molar refractivity (Wildman–Crippen MR) is 68.0 cm³/mol. The number of aromatic nitrogens is 2. The van der Waals surface area contributed by atoms with Crippen LogP contribution in [0.5, 0.6) is 0 Å². The van der Waals surface area contributed by atoms with Gasteiger partial charge in [0, 0.05) is 13.6 Å². The molecule has 1 rings (SSSR count). The molecule has 1 unspecified atom stereocenters. The second kappa shape index (κ2) is 6.27. The van der Waals surface area contributed by atoms with Crippen LogP contribution in [-0.2, 0) is 19.6 Å². The number of halogens is 1. The smallest absolute Gasteiger partial charge is 0.309 e. The van der Waals surface area contributed by atoms with Gasteiger partial charge < -0.3 is 4.74 Å². The molecule has 1 heterocycles. The van der Waals surface area contributed by atoms with E-state index in [1.165, 1.54) is 14.2 Å². The monoisotopic (exact) mass is 307 g/mol. The summed E-state index contributed by atoms with van der Waals surface area (Å²) in [6, 6.07) is 0. The minimum Gasteiger partial charge on any atom is -0.469 e. The number of sulfonamides is 1. The number of nitrogens with zero attached hydrogens (tertiary/aromatic N) is 3. The zero-order valence-electron chi connectivity index (χ0n) is 10.7. The zero-order valence-corrected chi connectivity index (χ0v) is 12.3. The van der Waals surface area contributed by atoms with E-state index >= 15 is 0 Å². The first-order valence-electron chi connectivity index (χ1n) is 5.30. The molecule has 1 aromatic heterocycles. The standard InChI is InChI=1S/C10H14ClN3O4S/c1-7(9(15)18-3)6-14(2)19(16,17)8-4-12-10(11)13-5-8/h4-5,7H,6H2,1-3H3. The normalized spacial score (nSPS) is 13.3. The number of hydrogen-bond acceptors (Lipinski definition) is 6. The van der Waals surface area contributed by atoms with Gasteiger partial charge in [0.05, 0.1) is 25.4 Å². The molecule has 7 nitrogen and oxygen atoms in total. The van der Waals surface area contributed by atoms with Crippen molar-refractivity contribution in [2.45, 2.75) is 11.8 Å². The number of rotatable bonds is 5. The number of hydrogen-bond donors (Lipinski definition) is 0. The van der Waals surface area contributed by atoms with Crippen LogP contribution < -0.4 is 0 Å². The summed E-state index contributed by atoms with van der Waals surface area (Å²) in [5, 5.41) is -0.0375. The van der Waals surface area contributed by atoms with Crippen molar-refractivity contribution < 1.29 is 17.9 Å². The number of methoxy groups -OCH3 is 1. The topological polar surface area (TPSA) is 89.5 Å². The minimum atomic E-state index is -3.75. The summed E-state index contributed by atoms with van der Waals surface area (Å²) in [5.41, 5.74) is 0. The molecular formula is C10H14ClN3O4S. The van der Waals surface area contributed by atoms with Crippen LogP contribution in [-0.4, -0.2) is 49.4 Å². The highest BCUT2D eigenvalue weighted by Crippen LogP contribution is 2.15. The van der Waals surface area contributed by atoms with Gasteiger partial charge >= 0.3 is 5.97 Å². The largest absolute Gasteiger partial charge is 0.469 e. The summed E-state index contributed by atoms with van der Waals surface area (Å²) in [6.45, 7) is 1.58. The second-order valence-electron chi connectivity index (χ2n) is 3.90. The number of carbonyl (C=O) groups excluding carboxylic acids is 1. The van der Waals surface area contributed by atoms with Crippen molar-refractivity contribution in [2.75, 3.05) is 20.7 Å². The zero-order chi connectivity index (χ0) is 14.6. The summed E-state index contributed by atoms with van der Waals surface area (Å²) in [7, 11) is -1.14. The summed E-state index contributed by atoms with van der Waals surface area (Å²) >= 11 is 5.49. The lowest BCUT2D eigenvalue weighted by atomic mass is 10.2. The van der Waals surface area contributed by atoms with Crippen LogP contribution in [0.2, 0.25) is 5.28 Å². The molecule has 19 heavy (non-hydrogen) atoms. The molecule has 0 aliphatic heterocycles. The molecule has 0 fully saturated rings. The van der Waals surface area contributed by atoms with Crippen LogP contribution in [0.15, 0.2) is 17.3 Å². The van der Waals surface area contributed by atoms with Crippen LogP contribution in [0.1, 0.15) is 6.92 Å². The van der Waals surface area contributed by atoms with Crippen LogP contribution in [0, 0.1) is 5.92 Å². The predicted octanol–water partition coefficient (Wildman–Crippen LogP) is 0.560. The Hall–Kier alpha value is -1.25. The minimum absolute atomic E-state index is 0.00235. The molecule has 0 radical (unpaired) electrons. The molecule has 1 atom stereocenters. The molecule has 0 amide bonds. The SMILES string of the molecule is COC(=O)C(C)CN(C)S(=O)(=O)c1cnc(Cl)nc1. The first kappa shape index (κ1) is 15.8. The van der Waals surface area contributed by atoms with Crippen molar-refractivity contribution in [3.63, 3.8) is 0 Å². The molecule has 9 heteroatoms. The maximum atomic E-state index is 12.1. The molecule has 0 saturated heterocycles. The van der Waals surface area contributed by atoms with E-state index in [1.807, 2.05) is 0 Å².